The Hall–Kier alpha value is -4.67. The molecule has 0 atom stereocenters. The minimum Gasteiger partial charge on any atom is -0.244 e. The van der Waals surface area contributed by atoms with Gasteiger partial charge < -0.3 is 0 Å². The molecule has 0 radical (unpaired) electrons. The Balaban J connectivity index is 1.53. The largest absolute Gasteiger partial charge is 0.244 e. The van der Waals surface area contributed by atoms with Gasteiger partial charge >= 0.3 is 0 Å². The van der Waals surface area contributed by atoms with Gasteiger partial charge in [0.05, 0.1) is 16.7 Å². The van der Waals surface area contributed by atoms with Crippen molar-refractivity contribution in [3.63, 3.8) is 0 Å². The summed E-state index contributed by atoms with van der Waals surface area (Å²) in [6, 6.07) is 40.0. The van der Waals surface area contributed by atoms with Crippen molar-refractivity contribution in [2.75, 3.05) is 0 Å². The summed E-state index contributed by atoms with van der Waals surface area (Å²) in [7, 11) is 0. The summed E-state index contributed by atoms with van der Waals surface area (Å²) in [6.45, 7) is 0. The van der Waals surface area contributed by atoms with Crippen LogP contribution in [-0.4, -0.2) is 15.0 Å². The predicted molar refractivity (Wildman–Crippen MR) is 156 cm³/mol. The summed E-state index contributed by atoms with van der Waals surface area (Å²) in [5, 5.41) is 7.06. The summed E-state index contributed by atoms with van der Waals surface area (Å²) in [5.41, 5.74) is 4.67. The fraction of sp³-hybridized carbons (Fsp3) is 0. The van der Waals surface area contributed by atoms with E-state index in [0.29, 0.717) is 5.82 Å². The fourth-order valence-electron chi connectivity index (χ4n) is 5.39. The molecule has 3 aromatic heterocycles. The highest BCUT2D eigenvalue weighted by atomic mass is 32.1. The molecule has 37 heavy (non-hydrogen) atoms. The van der Waals surface area contributed by atoms with Gasteiger partial charge in [-0.3, -0.25) is 0 Å². The van der Waals surface area contributed by atoms with Crippen molar-refractivity contribution in [2.45, 2.75) is 0 Å². The first-order valence-electron chi connectivity index (χ1n) is 12.3. The molecular formula is C33H19N3S. The van der Waals surface area contributed by atoms with Crippen molar-refractivity contribution in [3.05, 3.63) is 115 Å². The molecule has 4 heteroatoms. The molecule has 0 unspecified atom stereocenters. The topological polar surface area (TPSA) is 38.7 Å². The Labute approximate surface area is 216 Å². The van der Waals surface area contributed by atoms with Gasteiger partial charge in [-0.15, -0.1) is 11.3 Å². The van der Waals surface area contributed by atoms with Gasteiger partial charge in [-0.05, 0) is 18.2 Å². The van der Waals surface area contributed by atoms with Gasteiger partial charge in [0.15, 0.2) is 5.82 Å². The van der Waals surface area contributed by atoms with E-state index >= 15 is 0 Å². The van der Waals surface area contributed by atoms with Gasteiger partial charge in [0.1, 0.15) is 5.69 Å². The lowest BCUT2D eigenvalue weighted by molar-refractivity contribution is 1.20. The zero-order valence-corrected chi connectivity index (χ0v) is 20.5. The zero-order chi connectivity index (χ0) is 24.3. The maximum absolute atomic E-state index is 5.16. The van der Waals surface area contributed by atoms with Crippen LogP contribution in [0.2, 0.25) is 0 Å². The number of aromatic nitrogens is 3. The highest BCUT2D eigenvalue weighted by Crippen LogP contribution is 2.43. The first-order chi connectivity index (χ1) is 18.3. The van der Waals surface area contributed by atoms with Crippen LogP contribution in [-0.2, 0) is 0 Å². The number of nitrogens with zero attached hydrogens (tertiary/aromatic N) is 3. The van der Waals surface area contributed by atoms with Gasteiger partial charge in [0.25, 0.3) is 0 Å². The van der Waals surface area contributed by atoms with E-state index < -0.39 is 0 Å². The maximum atomic E-state index is 5.16. The van der Waals surface area contributed by atoms with Crippen LogP contribution in [0, 0.1) is 0 Å². The van der Waals surface area contributed by atoms with Crippen molar-refractivity contribution in [2.24, 2.45) is 0 Å². The Morgan fingerprint density at radius 1 is 0.432 bits per heavy atom. The summed E-state index contributed by atoms with van der Waals surface area (Å²) in [4.78, 5) is 15.3. The lowest BCUT2D eigenvalue weighted by Gasteiger charge is -2.13. The second-order valence-corrected chi connectivity index (χ2v) is 10.3. The molecule has 0 saturated heterocycles. The summed E-state index contributed by atoms with van der Waals surface area (Å²) in [6.07, 6.45) is 0. The Morgan fingerprint density at radius 2 is 1.08 bits per heavy atom. The Morgan fingerprint density at radius 3 is 1.92 bits per heavy atom. The summed E-state index contributed by atoms with van der Waals surface area (Å²) in [5.74, 6) is 0.647. The van der Waals surface area contributed by atoms with Crippen molar-refractivity contribution in [1.29, 1.82) is 0 Å². The van der Waals surface area contributed by atoms with Crippen molar-refractivity contribution in [3.8, 4) is 22.8 Å². The Bertz CT molecular complexity index is 2150. The van der Waals surface area contributed by atoms with E-state index in [0.717, 1.165) is 44.1 Å². The third kappa shape index (κ3) is 3.09. The molecule has 0 aliphatic heterocycles. The number of benzene rings is 5. The van der Waals surface area contributed by atoms with Crippen molar-refractivity contribution < 1.29 is 0 Å². The molecule has 3 heterocycles. The van der Waals surface area contributed by atoms with Crippen LogP contribution < -0.4 is 0 Å². The molecule has 0 amide bonds. The molecule has 5 aromatic carbocycles. The number of hydrogen-bond acceptors (Lipinski definition) is 4. The molecule has 0 fully saturated rings. The van der Waals surface area contributed by atoms with Gasteiger partial charge in [-0.25, -0.2) is 15.0 Å². The van der Waals surface area contributed by atoms with E-state index in [1.54, 1.807) is 0 Å². The maximum Gasteiger partial charge on any atom is 0.179 e. The van der Waals surface area contributed by atoms with E-state index in [9.17, 15) is 0 Å². The average molecular weight is 490 g/mol. The number of para-hydroxylation sites is 2. The molecule has 0 spiro atoms. The standard InChI is InChI=1S/C33H19N3S/c1-2-10-20(11-3-1)30-24-14-5-8-16-27(24)35-33(36-30)31-25-19-18-22-21-12-6-9-17-28(21)37-32(22)29(25)23-13-4-7-15-26(23)34-31/h1-19H. The van der Waals surface area contributed by atoms with Crippen molar-refractivity contribution in [1.82, 2.24) is 15.0 Å². The highest BCUT2D eigenvalue weighted by molar-refractivity contribution is 7.26. The predicted octanol–water partition coefficient (Wildman–Crippen LogP) is 9.03. The SMILES string of the molecule is c1ccc(-c2nc(-c3nc4ccccc4c4c3ccc3c5ccccc5sc34)nc3ccccc23)cc1. The van der Waals surface area contributed by atoms with Gasteiger partial charge in [0.2, 0.25) is 0 Å². The highest BCUT2D eigenvalue weighted by Gasteiger charge is 2.19. The summed E-state index contributed by atoms with van der Waals surface area (Å²) < 4.78 is 2.57. The minimum absolute atomic E-state index is 0.647. The lowest BCUT2D eigenvalue weighted by atomic mass is 10.00. The van der Waals surface area contributed by atoms with Gasteiger partial charge in [-0.1, -0.05) is 97.1 Å². The van der Waals surface area contributed by atoms with Crippen LogP contribution in [0.15, 0.2) is 115 Å². The summed E-state index contributed by atoms with van der Waals surface area (Å²) >= 11 is 1.84. The van der Waals surface area contributed by atoms with E-state index in [4.69, 9.17) is 15.0 Å². The minimum atomic E-state index is 0.647. The fourth-order valence-corrected chi connectivity index (χ4v) is 6.65. The molecule has 0 saturated carbocycles. The number of fused-ring (bicyclic) bond motifs is 8. The van der Waals surface area contributed by atoms with Crippen LogP contribution in [0.1, 0.15) is 0 Å². The number of thiophene rings is 1. The van der Waals surface area contributed by atoms with Crippen LogP contribution >= 0.6 is 11.3 Å². The van der Waals surface area contributed by atoms with Gasteiger partial charge in [-0.2, -0.15) is 0 Å². The third-order valence-electron chi connectivity index (χ3n) is 7.07. The van der Waals surface area contributed by atoms with Gasteiger partial charge in [0, 0.05) is 47.3 Å². The van der Waals surface area contributed by atoms with Crippen molar-refractivity contribution >= 4 is 64.1 Å². The van der Waals surface area contributed by atoms with E-state index in [1.807, 2.05) is 47.7 Å². The average Bonchev–Trinajstić information content (AvgIpc) is 3.35. The molecule has 0 aliphatic rings. The van der Waals surface area contributed by atoms with E-state index in [1.165, 1.54) is 25.6 Å². The third-order valence-corrected chi connectivity index (χ3v) is 8.27. The monoisotopic (exact) mass is 489 g/mol. The van der Waals surface area contributed by atoms with E-state index in [2.05, 4.69) is 78.9 Å². The molecule has 0 bridgehead atoms. The number of rotatable bonds is 2. The molecule has 8 rings (SSSR count). The van der Waals surface area contributed by atoms with E-state index in [-0.39, 0.29) is 0 Å². The first-order valence-corrected chi connectivity index (χ1v) is 13.1. The molecule has 0 aliphatic carbocycles. The second-order valence-electron chi connectivity index (χ2n) is 9.22. The number of pyridine rings is 1. The quantitative estimate of drug-likeness (QED) is 0.227. The lowest BCUT2D eigenvalue weighted by Crippen LogP contribution is -1.98. The van der Waals surface area contributed by atoms with Crippen LogP contribution in [0.3, 0.4) is 0 Å². The smallest absolute Gasteiger partial charge is 0.179 e. The molecular weight excluding hydrogens is 470 g/mol. The number of hydrogen-bond donors (Lipinski definition) is 0. The second kappa shape index (κ2) is 7.92. The molecule has 0 N–H and O–H groups in total. The van der Waals surface area contributed by atoms with Crippen LogP contribution in [0.4, 0.5) is 0 Å². The van der Waals surface area contributed by atoms with Crippen LogP contribution in [0.25, 0.3) is 75.5 Å². The molecule has 172 valence electrons. The Kier molecular flexibility index (Phi) is 4.39. The normalized spacial score (nSPS) is 11.8. The first kappa shape index (κ1) is 20.5. The molecule has 8 aromatic rings. The molecule has 3 nitrogen and oxygen atoms in total. The van der Waals surface area contributed by atoms with Crippen LogP contribution in [0.5, 0.6) is 0 Å². The zero-order valence-electron chi connectivity index (χ0n) is 19.7.